The largest absolute Gasteiger partial charge is 0.279 e. The molecule has 2 rings (SSSR count). The third kappa shape index (κ3) is 0.561. The van der Waals surface area contributed by atoms with E-state index in [4.69, 9.17) is 9.78 Å². The highest BCUT2D eigenvalue weighted by molar-refractivity contribution is 8.00. The van der Waals surface area contributed by atoms with Crippen molar-refractivity contribution in [2.75, 3.05) is 5.75 Å². The Bertz CT molecular complexity index is 81.7. The molecule has 0 radical (unpaired) electrons. The molecule has 0 atom stereocenters. The van der Waals surface area contributed by atoms with Crippen LogP contribution in [0.1, 0.15) is 12.8 Å². The van der Waals surface area contributed by atoms with Gasteiger partial charge in [-0.25, -0.2) is 0 Å². The van der Waals surface area contributed by atoms with E-state index in [1.54, 1.807) is 11.8 Å². The molecule has 0 saturated carbocycles. The van der Waals surface area contributed by atoms with Gasteiger partial charge in [0.05, 0.1) is 0 Å². The lowest BCUT2D eigenvalue weighted by Gasteiger charge is -1.85. The van der Waals surface area contributed by atoms with Gasteiger partial charge in [0.15, 0.2) is 0 Å². The number of rotatable bonds is 0. The Morgan fingerprint density at radius 2 is 2.29 bits per heavy atom. The number of thioether (sulfide) groups is 1. The van der Waals surface area contributed by atoms with E-state index in [1.807, 2.05) is 0 Å². The minimum absolute atomic E-state index is 0.139. The topological polar surface area (TPSA) is 25.1 Å². The van der Waals surface area contributed by atoms with Gasteiger partial charge in [-0.15, -0.1) is 0 Å². The molecule has 2 aliphatic rings. The lowest BCUT2D eigenvalue weighted by Crippen LogP contribution is -1.93. The maximum atomic E-state index is 4.72. The SMILES string of the molecule is C1CSC2(C1)OO2. The molecule has 2 fully saturated rings. The minimum atomic E-state index is -0.139. The molecule has 0 aromatic carbocycles. The molecule has 2 aliphatic heterocycles. The van der Waals surface area contributed by atoms with E-state index in [1.165, 1.54) is 12.2 Å². The van der Waals surface area contributed by atoms with Crippen LogP contribution in [0.3, 0.4) is 0 Å². The van der Waals surface area contributed by atoms with Crippen LogP contribution in [0, 0.1) is 0 Å². The zero-order valence-corrected chi connectivity index (χ0v) is 4.66. The zero-order valence-electron chi connectivity index (χ0n) is 3.85. The molecule has 1 spiro atoms. The molecule has 0 aromatic heterocycles. The second-order valence-electron chi connectivity index (χ2n) is 1.80. The predicted molar refractivity (Wildman–Crippen MR) is 26.6 cm³/mol. The third-order valence-corrected chi connectivity index (χ3v) is 2.49. The lowest BCUT2D eigenvalue weighted by atomic mass is 10.3. The first-order chi connectivity index (χ1) is 3.41. The summed E-state index contributed by atoms with van der Waals surface area (Å²) in [6, 6.07) is 0. The van der Waals surface area contributed by atoms with Gasteiger partial charge in [-0.1, -0.05) is 11.8 Å². The molecule has 40 valence electrons. The van der Waals surface area contributed by atoms with Gasteiger partial charge in [0.2, 0.25) is 0 Å². The molecule has 0 unspecified atom stereocenters. The average Bonchev–Trinajstić information content (AvgIpc) is 2.15. The lowest BCUT2D eigenvalue weighted by molar-refractivity contribution is 0.0850. The van der Waals surface area contributed by atoms with Crippen LogP contribution in [-0.2, 0) is 9.78 Å². The first kappa shape index (κ1) is 4.18. The molecule has 2 saturated heterocycles. The van der Waals surface area contributed by atoms with Crippen LogP contribution in [0.2, 0.25) is 0 Å². The van der Waals surface area contributed by atoms with Crippen molar-refractivity contribution >= 4 is 11.8 Å². The minimum Gasteiger partial charge on any atom is -0.182 e. The summed E-state index contributed by atoms with van der Waals surface area (Å²) in [5.41, 5.74) is 0. The zero-order chi connectivity index (χ0) is 4.74. The Hall–Kier alpha value is 0.270. The Kier molecular flexibility index (Phi) is 0.690. The molecular weight excluding hydrogens is 112 g/mol. The number of hydrogen-bond acceptors (Lipinski definition) is 3. The van der Waals surface area contributed by atoms with E-state index in [2.05, 4.69) is 0 Å². The Morgan fingerprint density at radius 3 is 2.57 bits per heavy atom. The molecule has 0 bridgehead atoms. The molecule has 3 heteroatoms. The summed E-state index contributed by atoms with van der Waals surface area (Å²) in [4.78, 5) is 9.44. The number of hydrogen-bond donors (Lipinski definition) is 0. The van der Waals surface area contributed by atoms with E-state index >= 15 is 0 Å². The fraction of sp³-hybridized carbons (Fsp3) is 1.00. The fourth-order valence-electron chi connectivity index (χ4n) is 0.766. The van der Waals surface area contributed by atoms with Gasteiger partial charge in [-0.2, -0.15) is 9.78 Å². The molecule has 0 N–H and O–H groups in total. The van der Waals surface area contributed by atoms with Crippen LogP contribution in [0.15, 0.2) is 0 Å². The summed E-state index contributed by atoms with van der Waals surface area (Å²) in [5.74, 6) is 1.19. The summed E-state index contributed by atoms with van der Waals surface area (Å²) >= 11 is 1.77. The van der Waals surface area contributed by atoms with Crippen LogP contribution in [0.5, 0.6) is 0 Å². The van der Waals surface area contributed by atoms with E-state index in [-0.39, 0.29) is 5.12 Å². The summed E-state index contributed by atoms with van der Waals surface area (Å²) in [5, 5.41) is -0.139. The van der Waals surface area contributed by atoms with E-state index < -0.39 is 0 Å². The predicted octanol–water partition coefficient (Wildman–Crippen LogP) is 1.13. The smallest absolute Gasteiger partial charge is 0.182 e. The molecule has 7 heavy (non-hydrogen) atoms. The van der Waals surface area contributed by atoms with Crippen LogP contribution in [0.25, 0.3) is 0 Å². The quantitative estimate of drug-likeness (QED) is 0.352. The first-order valence-electron chi connectivity index (χ1n) is 2.42. The monoisotopic (exact) mass is 118 g/mol. The highest BCUT2D eigenvalue weighted by Crippen LogP contribution is 2.50. The van der Waals surface area contributed by atoms with Gasteiger partial charge in [-0.05, 0) is 12.2 Å². The highest BCUT2D eigenvalue weighted by atomic mass is 32.2. The molecule has 2 nitrogen and oxygen atoms in total. The van der Waals surface area contributed by atoms with Crippen LogP contribution in [0.4, 0.5) is 0 Å². The van der Waals surface area contributed by atoms with Crippen LogP contribution < -0.4 is 0 Å². The average molecular weight is 118 g/mol. The van der Waals surface area contributed by atoms with Crippen molar-refractivity contribution < 1.29 is 9.78 Å². The second-order valence-corrected chi connectivity index (χ2v) is 3.12. The van der Waals surface area contributed by atoms with Crippen LogP contribution >= 0.6 is 11.8 Å². The summed E-state index contributed by atoms with van der Waals surface area (Å²) in [7, 11) is 0. The van der Waals surface area contributed by atoms with E-state index in [0.29, 0.717) is 0 Å². The third-order valence-electron chi connectivity index (χ3n) is 1.22. The van der Waals surface area contributed by atoms with Crippen molar-refractivity contribution in [1.29, 1.82) is 0 Å². The second kappa shape index (κ2) is 1.16. The van der Waals surface area contributed by atoms with Gasteiger partial charge in [0, 0.05) is 6.42 Å². The van der Waals surface area contributed by atoms with Gasteiger partial charge < -0.3 is 0 Å². The van der Waals surface area contributed by atoms with Crippen molar-refractivity contribution in [1.82, 2.24) is 0 Å². The maximum absolute atomic E-state index is 4.72. The molecule has 0 amide bonds. The first-order valence-corrected chi connectivity index (χ1v) is 3.41. The Morgan fingerprint density at radius 1 is 1.43 bits per heavy atom. The molecular formula is C4H6O2S. The Labute approximate surface area is 46.1 Å². The van der Waals surface area contributed by atoms with Crippen molar-refractivity contribution in [2.24, 2.45) is 0 Å². The molecule has 2 heterocycles. The van der Waals surface area contributed by atoms with Gasteiger partial charge in [-0.3, -0.25) is 0 Å². The molecule has 0 aliphatic carbocycles. The Balaban J connectivity index is 2.07. The van der Waals surface area contributed by atoms with E-state index in [0.717, 1.165) is 6.42 Å². The summed E-state index contributed by atoms with van der Waals surface area (Å²) in [6.07, 6.45) is 2.32. The highest BCUT2D eigenvalue weighted by Gasteiger charge is 2.52. The fourth-order valence-corrected chi connectivity index (χ4v) is 1.79. The normalized spacial score (nSPS) is 34.3. The molecule has 0 aromatic rings. The van der Waals surface area contributed by atoms with Gasteiger partial charge >= 0.3 is 0 Å². The van der Waals surface area contributed by atoms with E-state index in [9.17, 15) is 0 Å². The summed E-state index contributed by atoms with van der Waals surface area (Å²) < 4.78 is 0. The van der Waals surface area contributed by atoms with Gasteiger partial charge in [0.25, 0.3) is 5.12 Å². The van der Waals surface area contributed by atoms with Crippen LogP contribution in [-0.4, -0.2) is 10.9 Å². The van der Waals surface area contributed by atoms with Crippen molar-refractivity contribution in [3.8, 4) is 0 Å². The standard InChI is InChI=1S/C4H6O2S/c1-2-4(5-6-4)7-3-1/h1-3H2. The van der Waals surface area contributed by atoms with Crippen molar-refractivity contribution in [2.45, 2.75) is 18.0 Å². The van der Waals surface area contributed by atoms with Crippen molar-refractivity contribution in [3.63, 3.8) is 0 Å². The summed E-state index contributed by atoms with van der Waals surface area (Å²) in [6.45, 7) is 0. The maximum Gasteiger partial charge on any atom is 0.279 e. The van der Waals surface area contributed by atoms with Gasteiger partial charge in [0.1, 0.15) is 0 Å². The van der Waals surface area contributed by atoms with Crippen molar-refractivity contribution in [3.05, 3.63) is 0 Å².